The molecule has 86 heavy (non-hydrogen) atoms. The van der Waals surface area contributed by atoms with Gasteiger partial charge >= 0.3 is 0 Å². The highest BCUT2D eigenvalue weighted by Gasteiger charge is 2.42. The molecule has 436 valence electrons. The van der Waals surface area contributed by atoms with Gasteiger partial charge in [-0.25, -0.2) is 9.80 Å². The molecule has 15 rings (SSSR count). The topological polar surface area (TPSA) is 74.8 Å². The second-order valence-electron chi connectivity index (χ2n) is 27.2. The van der Waals surface area contributed by atoms with Gasteiger partial charge in [-0.1, -0.05) is 238 Å². The summed E-state index contributed by atoms with van der Waals surface area (Å²) in [5.41, 5.74) is 11.8. The number of anilines is 2. The molecule has 0 aromatic heterocycles. The van der Waals surface area contributed by atoms with Gasteiger partial charge in [-0.3, -0.25) is 19.2 Å². The van der Waals surface area contributed by atoms with Crippen molar-refractivity contribution < 1.29 is 19.2 Å². The number of hydrogen-bond donors (Lipinski definition) is 0. The van der Waals surface area contributed by atoms with Crippen molar-refractivity contribution in [2.24, 2.45) is 23.7 Å². The van der Waals surface area contributed by atoms with Gasteiger partial charge in [-0.05, 0) is 176 Å². The maximum Gasteiger partial charge on any atom is 0.266 e. The van der Waals surface area contributed by atoms with Gasteiger partial charge in [-0.15, -0.1) is 0 Å². The van der Waals surface area contributed by atoms with E-state index in [1.54, 1.807) is 9.80 Å². The standard InChI is InChI=1S/C80H82N2O4/c83-77-63-47-45-61-70-66(56-31-17-6-18-32-56)50-68-72-64(78(84)82(80(68)86)76-59(43-39-53-25-11-3-12-26-53)35-20-36-60(76)44-40-54-27-13-4-14-28-54)48-46-62(74(70)72)69-65(55-29-15-5-16-30-55)49-67(71(63)73(61)69)79(85)81(77)75-57(41-37-51-21-7-1-8-22-51)33-19-34-58(75)42-38-52-23-9-2-10-24-52/h5-6,15-20,29-36,45-54H,1-4,7-14,21-28,37-44H2. The molecule has 9 aromatic rings. The third-order valence-electron chi connectivity index (χ3n) is 22.0. The van der Waals surface area contributed by atoms with E-state index in [9.17, 15) is 0 Å². The van der Waals surface area contributed by atoms with Gasteiger partial charge in [0, 0.05) is 33.0 Å². The first-order valence-corrected chi connectivity index (χ1v) is 33.8. The van der Waals surface area contributed by atoms with Crippen molar-refractivity contribution in [3.8, 4) is 22.3 Å². The summed E-state index contributed by atoms with van der Waals surface area (Å²) in [5.74, 6) is 1.49. The molecule has 2 aliphatic heterocycles. The second kappa shape index (κ2) is 23.7. The third-order valence-corrected chi connectivity index (χ3v) is 22.0. The summed E-state index contributed by atoms with van der Waals surface area (Å²) in [6.45, 7) is 0. The molecule has 4 saturated carbocycles. The molecule has 0 radical (unpaired) electrons. The van der Waals surface area contributed by atoms with Gasteiger partial charge < -0.3 is 0 Å². The minimum Gasteiger partial charge on any atom is -0.268 e. The number of carbonyl (C=O) groups excluding carboxylic acids is 4. The predicted molar refractivity (Wildman–Crippen MR) is 353 cm³/mol. The Morgan fingerprint density at radius 3 is 0.895 bits per heavy atom. The summed E-state index contributed by atoms with van der Waals surface area (Å²) < 4.78 is 0. The molecule has 0 spiro atoms. The highest BCUT2D eigenvalue weighted by Crippen LogP contribution is 2.53. The lowest BCUT2D eigenvalue weighted by Gasteiger charge is -2.34. The van der Waals surface area contributed by atoms with E-state index < -0.39 is 0 Å². The zero-order valence-electron chi connectivity index (χ0n) is 50.3. The van der Waals surface area contributed by atoms with Gasteiger partial charge in [0.2, 0.25) is 0 Å². The number of amides is 4. The summed E-state index contributed by atoms with van der Waals surface area (Å²) in [6.07, 6.45) is 32.9. The molecule has 0 bridgehead atoms. The lowest BCUT2D eigenvalue weighted by molar-refractivity contribution is 0.0877. The maximum absolute atomic E-state index is 16.2. The highest BCUT2D eigenvalue weighted by atomic mass is 16.2. The van der Waals surface area contributed by atoms with Crippen molar-refractivity contribution in [1.29, 1.82) is 0 Å². The highest BCUT2D eigenvalue weighted by molar-refractivity contribution is 6.48. The van der Waals surface area contributed by atoms with Gasteiger partial charge in [0.1, 0.15) is 0 Å². The molecule has 0 N–H and O–H groups in total. The second-order valence-corrected chi connectivity index (χ2v) is 27.2. The number of nitrogens with zero attached hydrogens (tertiary/aromatic N) is 2. The van der Waals surface area contributed by atoms with Gasteiger partial charge in [0.05, 0.1) is 11.4 Å². The van der Waals surface area contributed by atoms with Gasteiger partial charge in [0.15, 0.2) is 0 Å². The lowest BCUT2D eigenvalue weighted by Crippen LogP contribution is -2.42. The summed E-state index contributed by atoms with van der Waals surface area (Å²) in [5, 5.41) is 6.69. The molecule has 4 fully saturated rings. The molecule has 6 heteroatoms. The molecular weight excluding hydrogens is 1050 g/mol. The maximum atomic E-state index is 16.2. The van der Waals surface area contributed by atoms with Crippen LogP contribution in [0.3, 0.4) is 0 Å². The van der Waals surface area contributed by atoms with Crippen LogP contribution in [0.1, 0.15) is 218 Å². The van der Waals surface area contributed by atoms with E-state index in [2.05, 4.69) is 109 Å². The first kappa shape index (κ1) is 55.2. The van der Waals surface area contributed by atoms with E-state index in [-0.39, 0.29) is 23.6 Å². The molecule has 2 heterocycles. The van der Waals surface area contributed by atoms with Crippen molar-refractivity contribution in [1.82, 2.24) is 0 Å². The number of imide groups is 2. The number of carbonyl (C=O) groups is 4. The zero-order chi connectivity index (χ0) is 57.8. The lowest BCUT2D eigenvalue weighted by atomic mass is 9.77. The monoisotopic (exact) mass is 1130 g/mol. The molecule has 4 amide bonds. The van der Waals surface area contributed by atoms with Gasteiger partial charge in [-0.2, -0.15) is 0 Å². The Bertz CT molecular complexity index is 3730. The number of fused-ring (bicyclic) bond motifs is 2. The average molecular weight is 1140 g/mol. The van der Waals surface area contributed by atoms with Crippen LogP contribution in [0, 0.1) is 23.7 Å². The van der Waals surface area contributed by atoms with Crippen LogP contribution in [0.5, 0.6) is 0 Å². The molecular formula is C80H82N2O4. The normalized spacial score (nSPS) is 18.5. The zero-order valence-corrected chi connectivity index (χ0v) is 50.3. The summed E-state index contributed by atoms with van der Waals surface area (Å²) in [7, 11) is 0. The number of hydrogen-bond acceptors (Lipinski definition) is 4. The van der Waals surface area contributed by atoms with Crippen LogP contribution in [-0.4, -0.2) is 23.6 Å². The summed E-state index contributed by atoms with van der Waals surface area (Å²) >= 11 is 0. The Labute approximate surface area is 508 Å². The van der Waals surface area contributed by atoms with Crippen LogP contribution in [0.4, 0.5) is 11.4 Å². The quantitative estimate of drug-likeness (QED) is 0.0549. The average Bonchev–Trinajstić information content (AvgIpc) is 0.688. The Hall–Kier alpha value is -7.44. The Morgan fingerprint density at radius 2 is 0.581 bits per heavy atom. The van der Waals surface area contributed by atoms with Crippen molar-refractivity contribution in [3.05, 3.63) is 178 Å². The minimum atomic E-state index is -0.278. The summed E-state index contributed by atoms with van der Waals surface area (Å²) in [6, 6.07) is 46.2. The van der Waals surface area contributed by atoms with E-state index >= 15 is 19.2 Å². The number of aryl methyl sites for hydroxylation is 4. The van der Waals surface area contributed by atoms with Crippen LogP contribution in [0.25, 0.3) is 65.3 Å². The van der Waals surface area contributed by atoms with E-state index in [4.69, 9.17) is 0 Å². The van der Waals surface area contributed by atoms with Crippen LogP contribution in [-0.2, 0) is 25.7 Å². The predicted octanol–water partition coefficient (Wildman–Crippen LogP) is 20.7. The smallest absolute Gasteiger partial charge is 0.266 e. The van der Waals surface area contributed by atoms with E-state index in [0.717, 1.165) is 140 Å². The largest absolute Gasteiger partial charge is 0.268 e. The number of benzene rings is 9. The van der Waals surface area contributed by atoms with Crippen molar-refractivity contribution in [3.63, 3.8) is 0 Å². The Morgan fingerprint density at radius 1 is 0.279 bits per heavy atom. The van der Waals surface area contributed by atoms with Crippen molar-refractivity contribution in [2.75, 3.05) is 9.80 Å². The molecule has 6 aliphatic rings. The number of para-hydroxylation sites is 2. The first-order valence-electron chi connectivity index (χ1n) is 33.8. The van der Waals surface area contributed by atoms with E-state index in [1.807, 2.05) is 24.3 Å². The van der Waals surface area contributed by atoms with E-state index in [1.165, 1.54) is 128 Å². The van der Waals surface area contributed by atoms with Crippen LogP contribution in [0.2, 0.25) is 0 Å². The summed E-state index contributed by atoms with van der Waals surface area (Å²) in [4.78, 5) is 67.7. The fourth-order valence-corrected chi connectivity index (χ4v) is 17.6. The number of rotatable bonds is 16. The molecule has 6 nitrogen and oxygen atoms in total. The van der Waals surface area contributed by atoms with Crippen molar-refractivity contribution >= 4 is 78.1 Å². The molecule has 0 unspecified atom stereocenters. The molecule has 9 aromatic carbocycles. The van der Waals surface area contributed by atoms with Crippen LogP contribution in [0.15, 0.2) is 133 Å². The SMILES string of the molecule is O=C1c2ccc3c4c(-c5ccccc5)cc5c6c(ccc(c7c(-c8ccccc8)cc(c2c37)C(=O)N1c1c(CCC2CCCCC2)cccc1CCC1CCCCC1)c64)C(=O)N(c1c(CCC2CCCCC2)cccc1CCC1CCCCC1)C5=O. The first-order chi connectivity index (χ1) is 42.4. The Balaban J connectivity index is 0.926. The molecule has 0 saturated heterocycles. The minimum absolute atomic E-state index is 0.274. The fraction of sp³-hybridized carbons (Fsp3) is 0.400. The van der Waals surface area contributed by atoms with Crippen LogP contribution < -0.4 is 9.80 Å². The van der Waals surface area contributed by atoms with E-state index in [0.29, 0.717) is 56.7 Å². The molecule has 0 atom stereocenters. The fourth-order valence-electron chi connectivity index (χ4n) is 17.6. The third kappa shape index (κ3) is 9.86. The Kier molecular flexibility index (Phi) is 15.2. The van der Waals surface area contributed by atoms with Gasteiger partial charge in [0.25, 0.3) is 23.6 Å². The van der Waals surface area contributed by atoms with Crippen LogP contribution >= 0.6 is 0 Å². The van der Waals surface area contributed by atoms with Crippen molar-refractivity contribution in [2.45, 2.75) is 180 Å². The molecule has 4 aliphatic carbocycles.